The van der Waals surface area contributed by atoms with Crippen molar-refractivity contribution >= 4 is 21.8 Å². The molecule has 1 heterocycles. The fourth-order valence-electron chi connectivity index (χ4n) is 2.17. The van der Waals surface area contributed by atoms with Crippen molar-refractivity contribution in [2.24, 2.45) is 5.92 Å². The lowest BCUT2D eigenvalue weighted by molar-refractivity contribution is -0.275. The normalized spacial score (nSPS) is 19.5. The van der Waals surface area contributed by atoms with Crippen LogP contribution in [0.15, 0.2) is 24.3 Å². The third-order valence-electron chi connectivity index (χ3n) is 3.07. The van der Waals surface area contributed by atoms with Gasteiger partial charge in [0.15, 0.2) is 0 Å². The molecular formula is C13H13BrF3NO2. The minimum Gasteiger partial charge on any atom is -0.405 e. The fourth-order valence-corrected chi connectivity index (χ4v) is 2.61. The van der Waals surface area contributed by atoms with E-state index in [0.717, 1.165) is 0 Å². The molecule has 0 spiro atoms. The fraction of sp³-hybridized carbons (Fsp3) is 0.462. The first-order chi connectivity index (χ1) is 9.39. The molecule has 0 aliphatic carbocycles. The van der Waals surface area contributed by atoms with E-state index in [1.165, 1.54) is 18.2 Å². The van der Waals surface area contributed by atoms with Crippen LogP contribution in [0.2, 0.25) is 0 Å². The Bertz CT molecular complexity index is 493. The number of likely N-dealkylation sites (tertiary alicyclic amines) is 1. The van der Waals surface area contributed by atoms with Gasteiger partial charge in [-0.15, -0.1) is 13.2 Å². The highest BCUT2D eigenvalue weighted by molar-refractivity contribution is 9.09. The van der Waals surface area contributed by atoms with Gasteiger partial charge in [-0.1, -0.05) is 34.1 Å². The monoisotopic (exact) mass is 351 g/mol. The Morgan fingerprint density at radius 3 is 2.65 bits per heavy atom. The van der Waals surface area contributed by atoms with Crippen molar-refractivity contribution in [1.82, 2.24) is 4.90 Å². The molecule has 0 bridgehead atoms. The summed E-state index contributed by atoms with van der Waals surface area (Å²) in [4.78, 5) is 13.3. The number of alkyl halides is 4. The molecule has 0 radical (unpaired) electrons. The summed E-state index contributed by atoms with van der Waals surface area (Å²) in [6.07, 6.45) is -4.31. The Morgan fingerprint density at radius 2 is 2.05 bits per heavy atom. The number of halogens is 4. The van der Waals surface area contributed by atoms with Gasteiger partial charge in [0.2, 0.25) is 5.91 Å². The summed E-state index contributed by atoms with van der Waals surface area (Å²) < 4.78 is 40.9. The first kappa shape index (κ1) is 15.2. The second-order valence-corrected chi connectivity index (χ2v) is 5.30. The Kier molecular flexibility index (Phi) is 4.57. The summed E-state index contributed by atoms with van der Waals surface area (Å²) >= 11 is 3.32. The first-order valence-electron chi connectivity index (χ1n) is 6.06. The van der Waals surface area contributed by atoms with Crippen molar-refractivity contribution in [2.45, 2.75) is 19.3 Å². The van der Waals surface area contributed by atoms with Gasteiger partial charge in [0.05, 0.1) is 0 Å². The zero-order chi connectivity index (χ0) is 14.8. The van der Waals surface area contributed by atoms with Gasteiger partial charge in [-0.3, -0.25) is 4.79 Å². The summed E-state index contributed by atoms with van der Waals surface area (Å²) in [7, 11) is 0. The lowest BCUT2D eigenvalue weighted by atomic mass is 10.1. The van der Waals surface area contributed by atoms with Crippen molar-refractivity contribution in [3.05, 3.63) is 29.8 Å². The molecular weight excluding hydrogens is 339 g/mol. The highest BCUT2D eigenvalue weighted by Gasteiger charge is 2.33. The van der Waals surface area contributed by atoms with Gasteiger partial charge >= 0.3 is 6.36 Å². The van der Waals surface area contributed by atoms with Crippen molar-refractivity contribution in [1.29, 1.82) is 0 Å². The van der Waals surface area contributed by atoms with E-state index < -0.39 is 6.36 Å². The molecule has 1 aromatic carbocycles. The van der Waals surface area contributed by atoms with Gasteiger partial charge in [-0.25, -0.2) is 0 Å². The molecule has 1 amide bonds. The standard InChI is InChI=1S/C13H13BrF3NO2/c14-6-9-5-12(19)18(7-9)8-10-3-1-2-4-11(10)20-13(15,16)17/h1-4,9H,5-8H2. The van der Waals surface area contributed by atoms with E-state index in [0.29, 0.717) is 23.9 Å². The number of rotatable bonds is 4. The number of hydrogen-bond donors (Lipinski definition) is 0. The third-order valence-corrected chi connectivity index (χ3v) is 3.99. The quantitative estimate of drug-likeness (QED) is 0.778. The number of amides is 1. The summed E-state index contributed by atoms with van der Waals surface area (Å²) in [5.41, 5.74) is 0.355. The van der Waals surface area contributed by atoms with Crippen molar-refractivity contribution < 1.29 is 22.7 Å². The number of carbonyl (C=O) groups is 1. The van der Waals surface area contributed by atoms with Gasteiger partial charge in [0.25, 0.3) is 0 Å². The van der Waals surface area contributed by atoms with Crippen molar-refractivity contribution in [3.8, 4) is 5.75 Å². The Hall–Kier alpha value is -1.24. The van der Waals surface area contributed by atoms with E-state index in [4.69, 9.17) is 0 Å². The van der Waals surface area contributed by atoms with Gasteiger partial charge in [-0.05, 0) is 12.0 Å². The molecule has 1 atom stereocenters. The zero-order valence-corrected chi connectivity index (χ0v) is 12.1. The minimum atomic E-state index is -4.73. The van der Waals surface area contributed by atoms with Crippen LogP contribution < -0.4 is 4.74 Å². The van der Waals surface area contributed by atoms with Gasteiger partial charge in [0, 0.05) is 30.4 Å². The molecule has 0 aromatic heterocycles. The minimum absolute atomic E-state index is 0.0451. The first-order valence-corrected chi connectivity index (χ1v) is 7.18. The second kappa shape index (κ2) is 6.03. The topological polar surface area (TPSA) is 29.5 Å². The van der Waals surface area contributed by atoms with Crippen molar-refractivity contribution in [3.63, 3.8) is 0 Å². The summed E-state index contributed by atoms with van der Waals surface area (Å²) in [5, 5.41) is 0.704. The van der Waals surface area contributed by atoms with Crippen LogP contribution in [-0.2, 0) is 11.3 Å². The van der Waals surface area contributed by atoms with E-state index in [9.17, 15) is 18.0 Å². The number of carbonyl (C=O) groups excluding carboxylic acids is 1. The number of benzene rings is 1. The Morgan fingerprint density at radius 1 is 1.35 bits per heavy atom. The number of ether oxygens (including phenoxy) is 1. The van der Waals surface area contributed by atoms with E-state index in [2.05, 4.69) is 20.7 Å². The second-order valence-electron chi connectivity index (χ2n) is 4.65. The molecule has 7 heteroatoms. The average molecular weight is 352 g/mol. The molecule has 1 aromatic rings. The van der Waals surface area contributed by atoms with Crippen LogP contribution in [0.25, 0.3) is 0 Å². The summed E-state index contributed by atoms with van der Waals surface area (Å²) in [6.45, 7) is 0.680. The highest BCUT2D eigenvalue weighted by atomic mass is 79.9. The molecule has 1 aliphatic rings. The van der Waals surface area contributed by atoms with Gasteiger partial charge < -0.3 is 9.64 Å². The van der Waals surface area contributed by atoms with E-state index in [1.54, 1.807) is 11.0 Å². The van der Waals surface area contributed by atoms with Crippen LogP contribution in [-0.4, -0.2) is 29.0 Å². The van der Waals surface area contributed by atoms with Crippen LogP contribution in [0.5, 0.6) is 5.75 Å². The molecule has 3 nitrogen and oxygen atoms in total. The molecule has 2 rings (SSSR count). The van der Waals surface area contributed by atoms with Gasteiger partial charge in [0.1, 0.15) is 5.75 Å². The van der Waals surface area contributed by atoms with Crippen LogP contribution >= 0.6 is 15.9 Å². The molecule has 1 aliphatic heterocycles. The summed E-state index contributed by atoms with van der Waals surface area (Å²) in [5.74, 6) is -0.0930. The molecule has 20 heavy (non-hydrogen) atoms. The molecule has 0 N–H and O–H groups in total. The van der Waals surface area contributed by atoms with Crippen LogP contribution in [0.3, 0.4) is 0 Å². The number of hydrogen-bond acceptors (Lipinski definition) is 2. The third kappa shape index (κ3) is 3.88. The van der Waals surface area contributed by atoms with Gasteiger partial charge in [-0.2, -0.15) is 0 Å². The van der Waals surface area contributed by atoms with Crippen molar-refractivity contribution in [2.75, 3.05) is 11.9 Å². The molecule has 110 valence electrons. The maximum absolute atomic E-state index is 12.3. The average Bonchev–Trinajstić information content (AvgIpc) is 2.71. The van der Waals surface area contributed by atoms with Crippen LogP contribution in [0.1, 0.15) is 12.0 Å². The molecule has 0 saturated carbocycles. The lowest BCUT2D eigenvalue weighted by Gasteiger charge is -2.19. The van der Waals surface area contributed by atoms with Crippen LogP contribution in [0.4, 0.5) is 13.2 Å². The van der Waals surface area contributed by atoms with Crippen LogP contribution in [0, 0.1) is 5.92 Å². The number of nitrogens with zero attached hydrogens (tertiary/aromatic N) is 1. The van der Waals surface area contributed by atoms with E-state index in [-0.39, 0.29) is 24.1 Å². The maximum Gasteiger partial charge on any atom is 0.573 e. The Labute approximate surface area is 122 Å². The number of para-hydroxylation sites is 1. The molecule has 1 saturated heterocycles. The largest absolute Gasteiger partial charge is 0.573 e. The summed E-state index contributed by atoms with van der Waals surface area (Å²) in [6, 6.07) is 5.89. The van der Waals surface area contributed by atoms with E-state index in [1.807, 2.05) is 0 Å². The molecule has 1 unspecified atom stereocenters. The predicted molar refractivity (Wildman–Crippen MR) is 70.4 cm³/mol. The SMILES string of the molecule is O=C1CC(CBr)CN1Cc1ccccc1OC(F)(F)F. The Balaban J connectivity index is 2.12. The molecule has 1 fully saturated rings. The smallest absolute Gasteiger partial charge is 0.405 e. The predicted octanol–water partition coefficient (Wildman–Crippen LogP) is 3.33. The maximum atomic E-state index is 12.3. The highest BCUT2D eigenvalue weighted by Crippen LogP contribution is 2.29. The zero-order valence-electron chi connectivity index (χ0n) is 10.5. The van der Waals surface area contributed by atoms with E-state index >= 15 is 0 Å². The lowest BCUT2D eigenvalue weighted by Crippen LogP contribution is -2.26.